The van der Waals surface area contributed by atoms with E-state index in [1.165, 1.54) is 108 Å². The van der Waals surface area contributed by atoms with Crippen molar-refractivity contribution in [2.45, 2.75) is 105 Å². The number of halogens is 20. The van der Waals surface area contributed by atoms with Crippen LogP contribution in [-0.4, -0.2) is 36.8 Å². The molecule has 0 bridgehead atoms. The normalized spacial score (nSPS) is 12.0. The Kier molecular flexibility index (Phi) is 19.9. The van der Waals surface area contributed by atoms with Crippen molar-refractivity contribution in [2.24, 2.45) is 0 Å². The van der Waals surface area contributed by atoms with Gasteiger partial charge in [0.05, 0.1) is 26.2 Å². The van der Waals surface area contributed by atoms with E-state index >= 15 is 35.1 Å². The lowest BCUT2D eigenvalue weighted by atomic mass is 9.12. The lowest BCUT2D eigenvalue weighted by molar-refractivity contribution is -0.929. The van der Waals surface area contributed by atoms with Crippen LogP contribution in [0.1, 0.15) is 105 Å². The van der Waals surface area contributed by atoms with E-state index in [-0.39, 0.29) is 0 Å². The molecule has 66 heavy (non-hydrogen) atoms. The number of hydrogen-bond donors (Lipinski definition) is 0. The highest BCUT2D eigenvalue weighted by molar-refractivity contribution is 7.20. The molecule has 0 unspecified atom stereocenters. The third-order valence-electron chi connectivity index (χ3n) is 11.7. The molecule has 0 N–H and O–H groups in total. The van der Waals surface area contributed by atoms with Gasteiger partial charge in [0.25, 0.3) is 0 Å². The maximum absolute atomic E-state index is 15.4. The van der Waals surface area contributed by atoms with E-state index in [0.29, 0.717) is 0 Å². The molecule has 0 saturated heterocycles. The summed E-state index contributed by atoms with van der Waals surface area (Å²) in [7, 11) is 0. The molecule has 0 saturated carbocycles. The predicted molar refractivity (Wildman–Crippen MR) is 207 cm³/mol. The fourth-order valence-electron chi connectivity index (χ4n) is 8.33. The number of nitrogens with zero attached hydrogens (tertiary/aromatic N) is 1. The Morgan fingerprint density at radius 2 is 0.364 bits per heavy atom. The van der Waals surface area contributed by atoms with Gasteiger partial charge in [-0.2, -0.15) is 0 Å². The average molecular weight is 978 g/mol. The second-order valence-corrected chi connectivity index (χ2v) is 15.9. The van der Waals surface area contributed by atoms with Gasteiger partial charge in [-0.3, -0.25) is 0 Å². The second-order valence-electron chi connectivity index (χ2n) is 15.9. The highest BCUT2D eigenvalue weighted by Gasteiger charge is 2.52. The maximum Gasteiger partial charge on any atom is 0.200 e. The van der Waals surface area contributed by atoms with Crippen LogP contribution in [0.4, 0.5) is 87.8 Å². The summed E-state index contributed by atoms with van der Waals surface area (Å²) < 4.78 is 295. The van der Waals surface area contributed by atoms with Crippen LogP contribution in [0, 0.1) is 116 Å². The van der Waals surface area contributed by atoms with Crippen molar-refractivity contribution < 1.29 is 92.3 Å². The maximum atomic E-state index is 15.4. The summed E-state index contributed by atoms with van der Waals surface area (Å²) in [6.07, 6.45) is 9.71. The Labute approximate surface area is 367 Å². The highest BCUT2D eigenvalue weighted by Crippen LogP contribution is 2.31. The van der Waals surface area contributed by atoms with Crippen LogP contribution in [0.3, 0.4) is 0 Å². The number of benzene rings is 4. The Bertz CT molecular complexity index is 1930. The second kappa shape index (κ2) is 23.5. The lowest BCUT2D eigenvalue weighted by Crippen LogP contribution is -2.81. The summed E-state index contributed by atoms with van der Waals surface area (Å²) in [5, 5.41) is 0. The molecule has 22 heteroatoms. The van der Waals surface area contributed by atoms with Gasteiger partial charge < -0.3 is 4.48 Å². The SMILES string of the molecule is CCCCC[N+](CCCCC)(CCCCC)CCCCC.Fc1c(F)c(F)c([B-](c2c(F)c(F)c(F)c(F)c2F)(c2c(F)c(F)c(F)c(F)c2F)c2c(F)c(F)c(F)c(F)c2F)c(F)c1F. The van der Waals surface area contributed by atoms with Crippen LogP contribution >= 0.6 is 0 Å². The summed E-state index contributed by atoms with van der Waals surface area (Å²) in [6, 6.07) is 0. The molecule has 0 aliphatic rings. The minimum atomic E-state index is -7.22. The first kappa shape index (κ1) is 55.8. The average Bonchev–Trinajstić information content (AvgIpc) is 3.29. The van der Waals surface area contributed by atoms with Gasteiger partial charge in [-0.05, 0) is 51.4 Å². The minimum absolute atomic E-state index is 1.36. The van der Waals surface area contributed by atoms with E-state index in [4.69, 9.17) is 0 Å². The molecular formula is C44H44BF20N. The molecule has 0 atom stereocenters. The molecular weight excluding hydrogens is 933 g/mol. The summed E-state index contributed by atoms with van der Waals surface area (Å²) in [6.45, 7) is 15.1. The van der Waals surface area contributed by atoms with Crippen molar-refractivity contribution in [2.75, 3.05) is 26.2 Å². The zero-order chi connectivity index (χ0) is 50.2. The topological polar surface area (TPSA) is 0 Å². The van der Waals surface area contributed by atoms with E-state index in [2.05, 4.69) is 27.7 Å². The Morgan fingerprint density at radius 1 is 0.227 bits per heavy atom. The molecule has 0 aromatic heterocycles. The third-order valence-corrected chi connectivity index (χ3v) is 11.7. The fraction of sp³-hybridized carbons (Fsp3) is 0.455. The van der Waals surface area contributed by atoms with Crippen LogP contribution < -0.4 is 21.9 Å². The molecule has 0 aliphatic heterocycles. The molecule has 4 aromatic carbocycles. The van der Waals surface area contributed by atoms with Crippen molar-refractivity contribution >= 4 is 28.0 Å². The standard InChI is InChI=1S/C24BF20.C20H44N/c26-5-1(6(27)14(35)21(42)13(5)34)25(2-7(28)15(36)22(43)16(37)8(2)29,3-9(30)17(38)23(44)18(39)10(3)31)4-11(32)19(40)24(45)20(41)12(4)33;1-5-9-13-17-21(18-14-10-6-2,19-15-11-7-3)20-16-12-8-4/h;5-20H2,1-4H3/q-1;+1. The minimum Gasteiger partial charge on any atom is -0.324 e. The van der Waals surface area contributed by atoms with Crippen molar-refractivity contribution in [3.05, 3.63) is 116 Å². The predicted octanol–water partition coefficient (Wildman–Crippen LogP) is 12.4. The Balaban J connectivity index is 0.000000464. The smallest absolute Gasteiger partial charge is 0.200 e. The molecule has 0 spiro atoms. The molecule has 4 rings (SSSR count). The number of unbranched alkanes of at least 4 members (excludes halogenated alkanes) is 8. The number of quaternary nitrogens is 1. The van der Waals surface area contributed by atoms with Crippen LogP contribution in [0.2, 0.25) is 0 Å². The van der Waals surface area contributed by atoms with E-state index in [9.17, 15) is 52.7 Å². The monoisotopic (exact) mass is 977 g/mol. The van der Waals surface area contributed by atoms with Gasteiger partial charge in [0.15, 0.2) is 69.8 Å². The zero-order valence-electron chi connectivity index (χ0n) is 35.9. The van der Waals surface area contributed by atoms with Gasteiger partial charge in [-0.1, -0.05) is 53.4 Å². The summed E-state index contributed by atoms with van der Waals surface area (Å²) in [4.78, 5) is 0. The molecule has 0 amide bonds. The molecule has 4 aromatic rings. The van der Waals surface area contributed by atoms with Crippen LogP contribution in [0.5, 0.6) is 0 Å². The first-order chi connectivity index (χ1) is 30.9. The Morgan fingerprint density at radius 3 is 0.500 bits per heavy atom. The van der Waals surface area contributed by atoms with E-state index in [0.717, 1.165) is 0 Å². The number of rotatable bonds is 20. The van der Waals surface area contributed by atoms with Crippen LogP contribution in [0.15, 0.2) is 0 Å². The first-order valence-electron chi connectivity index (χ1n) is 21.0. The zero-order valence-corrected chi connectivity index (χ0v) is 35.9. The van der Waals surface area contributed by atoms with Crippen LogP contribution in [-0.2, 0) is 0 Å². The molecule has 0 fully saturated rings. The van der Waals surface area contributed by atoms with Crippen molar-refractivity contribution in [1.29, 1.82) is 0 Å². The molecule has 368 valence electrons. The quantitative estimate of drug-likeness (QED) is 0.0207. The molecule has 0 aliphatic carbocycles. The fourth-order valence-corrected chi connectivity index (χ4v) is 8.33. The van der Waals surface area contributed by atoms with Gasteiger partial charge in [-0.15, -0.1) is 21.9 Å². The van der Waals surface area contributed by atoms with Crippen molar-refractivity contribution in [1.82, 2.24) is 0 Å². The van der Waals surface area contributed by atoms with Gasteiger partial charge in [-0.25, -0.2) is 87.8 Å². The summed E-state index contributed by atoms with van der Waals surface area (Å²) in [5.41, 5.74) is -14.3. The van der Waals surface area contributed by atoms with E-state index in [1.807, 2.05) is 0 Å². The highest BCUT2D eigenvalue weighted by atomic mass is 19.2. The van der Waals surface area contributed by atoms with Crippen molar-refractivity contribution in [3.8, 4) is 0 Å². The van der Waals surface area contributed by atoms with Crippen LogP contribution in [0.25, 0.3) is 0 Å². The van der Waals surface area contributed by atoms with Gasteiger partial charge in [0.1, 0.15) is 52.7 Å². The van der Waals surface area contributed by atoms with E-state index < -0.39 is 144 Å². The number of hydrogen-bond acceptors (Lipinski definition) is 0. The summed E-state index contributed by atoms with van der Waals surface area (Å²) in [5.74, 6) is -71.4. The molecule has 0 heterocycles. The Hall–Kier alpha value is -4.50. The van der Waals surface area contributed by atoms with E-state index in [1.54, 1.807) is 0 Å². The lowest BCUT2D eigenvalue weighted by Gasteiger charge is -2.44. The van der Waals surface area contributed by atoms with Crippen molar-refractivity contribution in [3.63, 3.8) is 0 Å². The first-order valence-corrected chi connectivity index (χ1v) is 21.0. The largest absolute Gasteiger partial charge is 0.324 e. The molecule has 0 radical (unpaired) electrons. The van der Waals surface area contributed by atoms with Gasteiger partial charge >= 0.3 is 0 Å². The third kappa shape index (κ3) is 10.5. The summed E-state index contributed by atoms with van der Waals surface area (Å²) >= 11 is 0. The van der Waals surface area contributed by atoms with Gasteiger partial charge in [0.2, 0.25) is 0 Å². The molecule has 1 nitrogen and oxygen atoms in total. The van der Waals surface area contributed by atoms with Gasteiger partial charge in [0, 0.05) is 0 Å².